The first-order chi connectivity index (χ1) is 10.0. The molecular weight excluding hydrogens is 267 g/mol. The van der Waals surface area contributed by atoms with Crippen molar-refractivity contribution in [3.8, 4) is 0 Å². The minimum absolute atomic E-state index is 0.276. The van der Waals surface area contributed by atoms with Crippen LogP contribution in [0.3, 0.4) is 0 Å². The zero-order valence-corrected chi connectivity index (χ0v) is 11.8. The minimum Gasteiger partial charge on any atom is -0.367 e. The number of primary amides is 1. The molecule has 0 radical (unpaired) electrons. The summed E-state index contributed by atoms with van der Waals surface area (Å²) in [6.07, 6.45) is 0.969. The number of amides is 1. The smallest absolute Gasteiger partial charge is 0.247 e. The van der Waals surface area contributed by atoms with Crippen molar-refractivity contribution in [1.29, 1.82) is 0 Å². The Morgan fingerprint density at radius 3 is 2.71 bits per heavy atom. The number of para-hydroxylation sites is 1. The number of hydrogen-bond acceptors (Lipinski definition) is 2. The van der Waals surface area contributed by atoms with Crippen molar-refractivity contribution < 1.29 is 9.18 Å². The number of fused-ring (bicyclic) bond motifs is 1. The number of benzene rings is 2. The Labute approximate surface area is 123 Å². The topological polar surface area (TPSA) is 55.1 Å². The van der Waals surface area contributed by atoms with Crippen LogP contribution in [0.2, 0.25) is 0 Å². The van der Waals surface area contributed by atoms with Crippen molar-refractivity contribution in [2.24, 2.45) is 5.73 Å². The van der Waals surface area contributed by atoms with Crippen LogP contribution in [0.5, 0.6) is 0 Å². The van der Waals surface area contributed by atoms with E-state index in [4.69, 9.17) is 5.73 Å². The molecule has 1 aliphatic rings. The fourth-order valence-corrected chi connectivity index (χ4v) is 3.05. The molecule has 21 heavy (non-hydrogen) atoms. The molecule has 1 unspecified atom stereocenters. The predicted octanol–water partition coefficient (Wildman–Crippen LogP) is 2.87. The Morgan fingerprint density at radius 2 is 2.00 bits per heavy atom. The van der Waals surface area contributed by atoms with E-state index < -0.39 is 11.4 Å². The second-order valence-electron chi connectivity index (χ2n) is 5.48. The van der Waals surface area contributed by atoms with Gasteiger partial charge in [0, 0.05) is 5.69 Å². The van der Waals surface area contributed by atoms with E-state index in [9.17, 15) is 9.18 Å². The molecule has 0 aromatic heterocycles. The quantitative estimate of drug-likeness (QED) is 0.910. The van der Waals surface area contributed by atoms with Gasteiger partial charge in [0.25, 0.3) is 0 Å². The van der Waals surface area contributed by atoms with Gasteiger partial charge in [-0.05, 0) is 48.6 Å². The van der Waals surface area contributed by atoms with Gasteiger partial charge in [-0.3, -0.25) is 4.79 Å². The fraction of sp³-hybridized carbons (Fsp3) is 0.235. The van der Waals surface area contributed by atoms with E-state index in [0.717, 1.165) is 11.3 Å². The van der Waals surface area contributed by atoms with Gasteiger partial charge < -0.3 is 11.1 Å². The lowest BCUT2D eigenvalue weighted by atomic mass is 9.90. The maximum absolute atomic E-state index is 13.9. The molecule has 1 aliphatic carbocycles. The van der Waals surface area contributed by atoms with Crippen LogP contribution in [0.25, 0.3) is 0 Å². The van der Waals surface area contributed by atoms with Crippen molar-refractivity contribution in [2.75, 3.05) is 5.32 Å². The molecule has 3 rings (SSSR count). The van der Waals surface area contributed by atoms with Crippen molar-refractivity contribution in [2.45, 2.75) is 25.3 Å². The molecular formula is C17H17FN2O. The predicted molar refractivity (Wildman–Crippen MR) is 80.4 cm³/mol. The third-order valence-electron chi connectivity index (χ3n) is 4.24. The van der Waals surface area contributed by atoms with Gasteiger partial charge in [0.2, 0.25) is 5.91 Å². The Bertz CT molecular complexity index is 714. The summed E-state index contributed by atoms with van der Waals surface area (Å²) in [5.74, 6) is -0.752. The van der Waals surface area contributed by atoms with E-state index in [1.54, 1.807) is 12.1 Å². The number of aryl methyl sites for hydroxylation is 1. The summed E-state index contributed by atoms with van der Waals surface area (Å²) in [4.78, 5) is 12.2. The number of hydrogen-bond donors (Lipinski definition) is 2. The summed E-state index contributed by atoms with van der Waals surface area (Å²) in [5.41, 5.74) is 7.72. The number of carbonyl (C=O) groups is 1. The zero-order chi connectivity index (χ0) is 15.0. The van der Waals surface area contributed by atoms with Gasteiger partial charge in [-0.2, -0.15) is 0 Å². The van der Waals surface area contributed by atoms with E-state index in [0.29, 0.717) is 24.0 Å². The summed E-state index contributed by atoms with van der Waals surface area (Å²) < 4.78 is 13.9. The van der Waals surface area contributed by atoms with E-state index in [2.05, 4.69) is 5.32 Å². The van der Waals surface area contributed by atoms with E-state index in [1.165, 1.54) is 6.07 Å². The third kappa shape index (κ3) is 2.07. The number of rotatable bonds is 3. The molecule has 2 aromatic carbocycles. The van der Waals surface area contributed by atoms with Crippen molar-refractivity contribution in [3.05, 3.63) is 65.0 Å². The van der Waals surface area contributed by atoms with Gasteiger partial charge in [-0.25, -0.2) is 4.39 Å². The standard InChI is InChI=1S/C17H17FN2O/c1-11-5-2-3-8-15(11)20-17(16(19)21)10-9-12-13(17)6-4-7-14(12)18/h2-8,20H,9-10H2,1H3,(H2,19,21). The molecule has 0 aliphatic heterocycles. The highest BCUT2D eigenvalue weighted by Gasteiger charge is 2.45. The van der Waals surface area contributed by atoms with Crippen LogP contribution >= 0.6 is 0 Å². The van der Waals surface area contributed by atoms with Crippen LogP contribution in [0.4, 0.5) is 10.1 Å². The van der Waals surface area contributed by atoms with Gasteiger partial charge >= 0.3 is 0 Å². The van der Waals surface area contributed by atoms with Crippen LogP contribution in [0.1, 0.15) is 23.1 Å². The summed E-state index contributed by atoms with van der Waals surface area (Å²) in [6, 6.07) is 12.5. The average Bonchev–Trinajstić information content (AvgIpc) is 2.83. The molecule has 3 nitrogen and oxygen atoms in total. The van der Waals surface area contributed by atoms with Gasteiger partial charge in [-0.1, -0.05) is 30.3 Å². The Kier molecular flexibility index (Phi) is 3.16. The minimum atomic E-state index is -1.04. The van der Waals surface area contributed by atoms with Crippen LogP contribution in [0.15, 0.2) is 42.5 Å². The van der Waals surface area contributed by atoms with Crippen molar-refractivity contribution in [3.63, 3.8) is 0 Å². The highest BCUT2D eigenvalue weighted by atomic mass is 19.1. The first kappa shape index (κ1) is 13.6. The number of nitrogens with one attached hydrogen (secondary N) is 1. The second-order valence-corrected chi connectivity index (χ2v) is 5.48. The Hall–Kier alpha value is -2.36. The van der Waals surface area contributed by atoms with E-state index in [1.807, 2.05) is 31.2 Å². The van der Waals surface area contributed by atoms with Gasteiger partial charge in [0.1, 0.15) is 11.4 Å². The summed E-state index contributed by atoms with van der Waals surface area (Å²) >= 11 is 0. The van der Waals surface area contributed by atoms with Gasteiger partial charge in [-0.15, -0.1) is 0 Å². The summed E-state index contributed by atoms with van der Waals surface area (Å²) in [5, 5.41) is 3.26. The van der Waals surface area contributed by atoms with Crippen molar-refractivity contribution in [1.82, 2.24) is 0 Å². The Balaban J connectivity index is 2.11. The molecule has 108 valence electrons. The fourth-order valence-electron chi connectivity index (χ4n) is 3.05. The molecule has 0 saturated carbocycles. The number of anilines is 1. The highest BCUT2D eigenvalue weighted by Crippen LogP contribution is 2.41. The molecule has 3 N–H and O–H groups in total. The summed E-state index contributed by atoms with van der Waals surface area (Å²) in [6.45, 7) is 1.96. The van der Waals surface area contributed by atoms with E-state index >= 15 is 0 Å². The number of halogens is 1. The maximum Gasteiger partial charge on any atom is 0.247 e. The first-order valence-electron chi connectivity index (χ1n) is 6.96. The Morgan fingerprint density at radius 1 is 1.24 bits per heavy atom. The molecule has 0 saturated heterocycles. The highest BCUT2D eigenvalue weighted by molar-refractivity contribution is 5.91. The van der Waals surface area contributed by atoms with Crippen LogP contribution in [-0.2, 0) is 16.8 Å². The maximum atomic E-state index is 13.9. The monoisotopic (exact) mass is 284 g/mol. The second kappa shape index (κ2) is 4.88. The molecule has 0 fully saturated rings. The van der Waals surface area contributed by atoms with Gasteiger partial charge in [0.15, 0.2) is 0 Å². The summed E-state index contributed by atoms with van der Waals surface area (Å²) in [7, 11) is 0. The van der Waals surface area contributed by atoms with Gasteiger partial charge in [0.05, 0.1) is 0 Å². The number of carbonyl (C=O) groups excluding carboxylic acids is 1. The zero-order valence-electron chi connectivity index (χ0n) is 11.8. The molecule has 0 spiro atoms. The van der Waals surface area contributed by atoms with Crippen LogP contribution < -0.4 is 11.1 Å². The third-order valence-corrected chi connectivity index (χ3v) is 4.24. The molecule has 4 heteroatoms. The largest absolute Gasteiger partial charge is 0.367 e. The van der Waals surface area contributed by atoms with E-state index in [-0.39, 0.29) is 5.82 Å². The molecule has 1 atom stereocenters. The van der Waals surface area contributed by atoms with Crippen molar-refractivity contribution >= 4 is 11.6 Å². The molecule has 2 aromatic rings. The lowest BCUT2D eigenvalue weighted by molar-refractivity contribution is -0.122. The normalized spacial score (nSPS) is 20.1. The molecule has 0 heterocycles. The first-order valence-corrected chi connectivity index (χ1v) is 6.96. The number of nitrogens with two attached hydrogens (primary N) is 1. The molecule has 0 bridgehead atoms. The van der Waals surface area contributed by atoms with Crippen LogP contribution in [0, 0.1) is 12.7 Å². The lowest BCUT2D eigenvalue weighted by Crippen LogP contribution is -2.46. The lowest BCUT2D eigenvalue weighted by Gasteiger charge is -2.30. The molecule has 1 amide bonds. The van der Waals surface area contributed by atoms with Crippen LogP contribution in [-0.4, -0.2) is 5.91 Å². The average molecular weight is 284 g/mol. The SMILES string of the molecule is Cc1ccccc1NC1(C(N)=O)CCc2c(F)cccc21.